The Morgan fingerprint density at radius 1 is 1.47 bits per heavy atom. The van der Waals surface area contributed by atoms with Gasteiger partial charge in [-0.3, -0.25) is 0 Å². The molecule has 0 spiro atoms. The molecule has 1 amide bonds. The lowest BCUT2D eigenvalue weighted by Crippen LogP contribution is -2.37. The maximum Gasteiger partial charge on any atom is 0.410 e. The minimum absolute atomic E-state index is 0. The van der Waals surface area contributed by atoms with Gasteiger partial charge in [0.15, 0.2) is 0 Å². The molecule has 1 aliphatic heterocycles. The Morgan fingerprint density at radius 2 is 2.07 bits per heavy atom. The molecule has 0 bridgehead atoms. The maximum absolute atomic E-state index is 11.6. The number of carbonyl (C=O) groups excluding carboxylic acids is 1. The van der Waals surface area contributed by atoms with Crippen LogP contribution in [0.5, 0.6) is 0 Å². The predicted octanol–water partition coefficient (Wildman–Crippen LogP) is 1.64. The first-order valence-electron chi connectivity index (χ1n) is 5.07. The number of rotatable bonds is 1. The average molecular weight is 237 g/mol. The molecule has 4 nitrogen and oxygen atoms in total. The Labute approximate surface area is 97.8 Å². The van der Waals surface area contributed by atoms with E-state index in [2.05, 4.69) is 5.32 Å². The first-order valence-corrected chi connectivity index (χ1v) is 5.07. The summed E-state index contributed by atoms with van der Waals surface area (Å²) in [6, 6.07) is 0.419. The molecule has 0 aromatic rings. The van der Waals surface area contributed by atoms with Gasteiger partial charge < -0.3 is 15.0 Å². The van der Waals surface area contributed by atoms with Gasteiger partial charge in [0.05, 0.1) is 0 Å². The fourth-order valence-electron chi connectivity index (χ4n) is 1.49. The Balaban J connectivity index is 0.00000196. The minimum Gasteiger partial charge on any atom is -0.444 e. The fourth-order valence-corrected chi connectivity index (χ4v) is 1.49. The van der Waals surface area contributed by atoms with Crippen LogP contribution < -0.4 is 5.32 Å². The largest absolute Gasteiger partial charge is 0.444 e. The fraction of sp³-hybridized carbons (Fsp3) is 0.900. The summed E-state index contributed by atoms with van der Waals surface area (Å²) in [6.45, 7) is 7.20. The minimum atomic E-state index is -0.394. The standard InChI is InChI=1S/C10H20N2O2.ClH/c1-10(2,3)14-9(13)12-6-5-8(7-12)11-4;/h8,11H,5-7H2,1-4H3;1H/t8-;/m0./s1. The molecule has 0 unspecified atom stereocenters. The SMILES string of the molecule is CN[C@H]1CCN(C(=O)OC(C)(C)C)C1.Cl. The Kier molecular flexibility index (Phi) is 5.38. The van der Waals surface area contributed by atoms with Gasteiger partial charge in [0.25, 0.3) is 0 Å². The molecule has 0 aromatic heterocycles. The van der Waals surface area contributed by atoms with E-state index in [1.165, 1.54) is 0 Å². The quantitative estimate of drug-likeness (QED) is 0.753. The molecule has 1 saturated heterocycles. The topological polar surface area (TPSA) is 41.6 Å². The summed E-state index contributed by atoms with van der Waals surface area (Å²) in [6.07, 6.45) is 0.811. The number of nitrogens with one attached hydrogen (secondary N) is 1. The summed E-state index contributed by atoms with van der Waals surface area (Å²) in [4.78, 5) is 13.4. The molecule has 1 aliphatic rings. The van der Waals surface area contributed by atoms with Gasteiger partial charge in [0, 0.05) is 19.1 Å². The molecular weight excluding hydrogens is 216 g/mol. The molecule has 1 rings (SSSR count). The van der Waals surface area contributed by atoms with E-state index in [1.807, 2.05) is 27.8 Å². The Bertz CT molecular complexity index is 216. The first kappa shape index (κ1) is 14.5. The number of hydrogen-bond donors (Lipinski definition) is 1. The van der Waals surface area contributed by atoms with Gasteiger partial charge in [-0.05, 0) is 34.2 Å². The highest BCUT2D eigenvalue weighted by molar-refractivity contribution is 5.85. The number of likely N-dealkylation sites (N-methyl/N-ethyl adjacent to an activating group) is 1. The third-order valence-corrected chi connectivity index (χ3v) is 2.25. The summed E-state index contributed by atoms with van der Waals surface area (Å²) in [5.41, 5.74) is -0.394. The van der Waals surface area contributed by atoms with Gasteiger partial charge in [-0.15, -0.1) is 12.4 Å². The van der Waals surface area contributed by atoms with Crippen molar-refractivity contribution in [2.75, 3.05) is 20.1 Å². The van der Waals surface area contributed by atoms with Crippen molar-refractivity contribution in [2.45, 2.75) is 38.8 Å². The van der Waals surface area contributed by atoms with Crippen LogP contribution in [0.25, 0.3) is 0 Å². The number of carbonyl (C=O) groups is 1. The number of nitrogens with zero attached hydrogens (tertiary/aromatic N) is 1. The summed E-state index contributed by atoms with van der Waals surface area (Å²) >= 11 is 0. The van der Waals surface area contributed by atoms with Crippen LogP contribution >= 0.6 is 12.4 Å². The molecule has 1 fully saturated rings. The molecule has 5 heteroatoms. The highest BCUT2D eigenvalue weighted by Gasteiger charge is 2.28. The second kappa shape index (κ2) is 5.56. The summed E-state index contributed by atoms with van der Waals surface area (Å²) in [5.74, 6) is 0. The zero-order chi connectivity index (χ0) is 10.8. The summed E-state index contributed by atoms with van der Waals surface area (Å²) < 4.78 is 5.27. The van der Waals surface area contributed by atoms with Crippen LogP contribution in [-0.2, 0) is 4.74 Å². The molecule has 0 saturated carbocycles. The zero-order valence-electron chi connectivity index (χ0n) is 9.87. The number of likely N-dealkylation sites (tertiary alicyclic amines) is 1. The molecular formula is C10H21ClN2O2. The van der Waals surface area contributed by atoms with Crippen LogP contribution in [0.15, 0.2) is 0 Å². The van der Waals surface area contributed by atoms with Crippen molar-refractivity contribution in [3.05, 3.63) is 0 Å². The normalized spacial score (nSPS) is 21.1. The molecule has 90 valence electrons. The van der Waals surface area contributed by atoms with Gasteiger partial charge >= 0.3 is 6.09 Å². The lowest BCUT2D eigenvalue weighted by Gasteiger charge is -2.24. The zero-order valence-corrected chi connectivity index (χ0v) is 10.7. The van der Waals surface area contributed by atoms with Crippen molar-refractivity contribution in [2.24, 2.45) is 0 Å². The average Bonchev–Trinajstić information content (AvgIpc) is 2.48. The van der Waals surface area contributed by atoms with Crippen molar-refractivity contribution in [1.82, 2.24) is 10.2 Å². The molecule has 15 heavy (non-hydrogen) atoms. The molecule has 1 atom stereocenters. The number of halogens is 1. The predicted molar refractivity (Wildman–Crippen MR) is 62.5 cm³/mol. The third-order valence-electron chi connectivity index (χ3n) is 2.25. The maximum atomic E-state index is 11.6. The van der Waals surface area contributed by atoms with Crippen LogP contribution in [0.2, 0.25) is 0 Å². The Morgan fingerprint density at radius 3 is 2.47 bits per heavy atom. The van der Waals surface area contributed by atoms with E-state index in [-0.39, 0.29) is 18.5 Å². The van der Waals surface area contributed by atoms with E-state index < -0.39 is 5.60 Å². The van der Waals surface area contributed by atoms with Crippen LogP contribution in [0.1, 0.15) is 27.2 Å². The molecule has 0 radical (unpaired) electrons. The highest BCUT2D eigenvalue weighted by Crippen LogP contribution is 2.14. The van der Waals surface area contributed by atoms with Crippen molar-refractivity contribution in [1.29, 1.82) is 0 Å². The smallest absolute Gasteiger partial charge is 0.410 e. The number of ether oxygens (including phenoxy) is 1. The lowest BCUT2D eigenvalue weighted by molar-refractivity contribution is 0.0291. The van der Waals surface area contributed by atoms with Crippen molar-refractivity contribution in [3.63, 3.8) is 0 Å². The number of amides is 1. The van der Waals surface area contributed by atoms with Crippen LogP contribution in [0.4, 0.5) is 4.79 Å². The molecule has 1 N–H and O–H groups in total. The van der Waals surface area contributed by atoms with E-state index in [0.29, 0.717) is 6.04 Å². The van der Waals surface area contributed by atoms with Crippen LogP contribution in [0, 0.1) is 0 Å². The molecule has 0 aromatic carbocycles. The summed E-state index contributed by atoms with van der Waals surface area (Å²) in [7, 11) is 1.92. The van der Waals surface area contributed by atoms with E-state index >= 15 is 0 Å². The van der Waals surface area contributed by atoms with Crippen molar-refractivity contribution < 1.29 is 9.53 Å². The van der Waals surface area contributed by atoms with Crippen LogP contribution in [-0.4, -0.2) is 42.8 Å². The first-order chi connectivity index (χ1) is 6.42. The van der Waals surface area contributed by atoms with Gasteiger partial charge in [-0.1, -0.05) is 0 Å². The Hall–Kier alpha value is -0.480. The third kappa shape index (κ3) is 4.71. The second-order valence-corrected chi connectivity index (χ2v) is 4.70. The molecule has 1 heterocycles. The molecule has 0 aliphatic carbocycles. The van der Waals surface area contributed by atoms with Crippen molar-refractivity contribution in [3.8, 4) is 0 Å². The van der Waals surface area contributed by atoms with E-state index in [4.69, 9.17) is 4.74 Å². The van der Waals surface area contributed by atoms with E-state index in [9.17, 15) is 4.79 Å². The second-order valence-electron chi connectivity index (χ2n) is 4.70. The monoisotopic (exact) mass is 236 g/mol. The van der Waals surface area contributed by atoms with E-state index in [1.54, 1.807) is 4.90 Å². The van der Waals surface area contributed by atoms with Gasteiger partial charge in [-0.2, -0.15) is 0 Å². The van der Waals surface area contributed by atoms with E-state index in [0.717, 1.165) is 19.5 Å². The van der Waals surface area contributed by atoms with Crippen LogP contribution in [0.3, 0.4) is 0 Å². The number of hydrogen-bond acceptors (Lipinski definition) is 3. The van der Waals surface area contributed by atoms with Gasteiger partial charge in [0.1, 0.15) is 5.60 Å². The summed E-state index contributed by atoms with van der Waals surface area (Å²) in [5, 5.41) is 3.16. The highest BCUT2D eigenvalue weighted by atomic mass is 35.5. The van der Waals surface area contributed by atoms with Gasteiger partial charge in [-0.25, -0.2) is 4.79 Å². The van der Waals surface area contributed by atoms with Crippen molar-refractivity contribution >= 4 is 18.5 Å². The van der Waals surface area contributed by atoms with Gasteiger partial charge in [0.2, 0.25) is 0 Å². The lowest BCUT2D eigenvalue weighted by atomic mass is 10.2.